The lowest BCUT2D eigenvalue weighted by atomic mass is 10.1. The van der Waals surface area contributed by atoms with Crippen molar-refractivity contribution in [1.82, 2.24) is 20.2 Å². The molecule has 1 fully saturated rings. The average Bonchev–Trinajstić information content (AvgIpc) is 2.33. The number of likely N-dealkylation sites (N-methyl/N-ethyl adjacent to an activating group) is 1. The van der Waals surface area contributed by atoms with E-state index in [4.69, 9.17) is 0 Å². The van der Waals surface area contributed by atoms with E-state index in [0.717, 1.165) is 31.0 Å². The van der Waals surface area contributed by atoms with Crippen LogP contribution in [0.15, 0.2) is 12.4 Å². The fourth-order valence-corrected chi connectivity index (χ4v) is 2.38. The van der Waals surface area contributed by atoms with Crippen molar-refractivity contribution in [2.45, 2.75) is 39.3 Å². The number of likely N-dealkylation sites (tertiary alicyclic amines) is 1. The Morgan fingerprint density at radius 2 is 2.29 bits per heavy atom. The molecule has 0 amide bonds. The molecule has 4 nitrogen and oxygen atoms in total. The number of piperidine rings is 1. The molecule has 0 bridgehead atoms. The number of aromatic nitrogens is 2. The maximum atomic E-state index is 4.42. The van der Waals surface area contributed by atoms with Gasteiger partial charge in [0.2, 0.25) is 0 Å². The second kappa shape index (κ2) is 6.07. The van der Waals surface area contributed by atoms with Crippen LogP contribution in [0.2, 0.25) is 0 Å². The first-order valence-electron chi connectivity index (χ1n) is 6.51. The van der Waals surface area contributed by atoms with Crippen molar-refractivity contribution in [2.24, 2.45) is 0 Å². The monoisotopic (exact) mass is 234 g/mol. The maximum Gasteiger partial charge on any atom is 0.0727 e. The molecule has 4 heteroatoms. The molecular weight excluding hydrogens is 212 g/mol. The van der Waals surface area contributed by atoms with Gasteiger partial charge in [-0.1, -0.05) is 6.92 Å². The summed E-state index contributed by atoms with van der Waals surface area (Å²) in [6.45, 7) is 8.43. The van der Waals surface area contributed by atoms with Crippen LogP contribution >= 0.6 is 0 Å². The van der Waals surface area contributed by atoms with Gasteiger partial charge in [0.1, 0.15) is 0 Å². The van der Waals surface area contributed by atoms with E-state index in [-0.39, 0.29) is 0 Å². The SMILES string of the molecule is CCNC1CCCN(Cc2cnc(C)cn2)C1. The molecule has 0 radical (unpaired) electrons. The Labute approximate surface area is 103 Å². The molecule has 2 heterocycles. The summed E-state index contributed by atoms with van der Waals surface area (Å²) in [5.41, 5.74) is 2.06. The van der Waals surface area contributed by atoms with Gasteiger partial charge in [0, 0.05) is 31.5 Å². The smallest absolute Gasteiger partial charge is 0.0727 e. The third-order valence-corrected chi connectivity index (χ3v) is 3.22. The zero-order chi connectivity index (χ0) is 12.1. The second-order valence-electron chi connectivity index (χ2n) is 4.78. The fourth-order valence-electron chi connectivity index (χ4n) is 2.38. The first-order valence-corrected chi connectivity index (χ1v) is 6.51. The Kier molecular flexibility index (Phi) is 4.45. The normalized spacial score (nSPS) is 21.6. The predicted octanol–water partition coefficient (Wildman–Crippen LogP) is 1.36. The van der Waals surface area contributed by atoms with Crippen molar-refractivity contribution in [2.75, 3.05) is 19.6 Å². The molecule has 1 saturated heterocycles. The van der Waals surface area contributed by atoms with Crippen molar-refractivity contribution in [3.05, 3.63) is 23.8 Å². The Balaban J connectivity index is 1.87. The highest BCUT2D eigenvalue weighted by Crippen LogP contribution is 2.12. The largest absolute Gasteiger partial charge is 0.313 e. The van der Waals surface area contributed by atoms with Gasteiger partial charge < -0.3 is 5.32 Å². The van der Waals surface area contributed by atoms with E-state index in [2.05, 4.69) is 27.1 Å². The average molecular weight is 234 g/mol. The van der Waals surface area contributed by atoms with Gasteiger partial charge >= 0.3 is 0 Å². The lowest BCUT2D eigenvalue weighted by Gasteiger charge is -2.32. The molecule has 1 aliphatic rings. The summed E-state index contributed by atoms with van der Waals surface area (Å²) in [5.74, 6) is 0. The van der Waals surface area contributed by atoms with Crippen LogP contribution in [0.25, 0.3) is 0 Å². The van der Waals surface area contributed by atoms with Gasteiger partial charge in [0.25, 0.3) is 0 Å². The molecule has 1 N–H and O–H groups in total. The minimum atomic E-state index is 0.646. The lowest BCUT2D eigenvalue weighted by molar-refractivity contribution is 0.182. The summed E-state index contributed by atoms with van der Waals surface area (Å²) in [5, 5.41) is 3.53. The predicted molar refractivity (Wildman–Crippen MR) is 68.7 cm³/mol. The Morgan fingerprint density at radius 1 is 1.41 bits per heavy atom. The summed E-state index contributed by atoms with van der Waals surface area (Å²) in [6, 6.07) is 0.646. The van der Waals surface area contributed by atoms with Crippen LogP contribution in [-0.2, 0) is 6.54 Å². The van der Waals surface area contributed by atoms with E-state index in [9.17, 15) is 0 Å². The van der Waals surface area contributed by atoms with Crippen LogP contribution in [-0.4, -0.2) is 40.5 Å². The molecule has 0 saturated carbocycles. The van der Waals surface area contributed by atoms with Crippen LogP contribution in [0, 0.1) is 6.92 Å². The highest BCUT2D eigenvalue weighted by Gasteiger charge is 2.19. The Morgan fingerprint density at radius 3 is 3.00 bits per heavy atom. The molecular formula is C13H22N4. The van der Waals surface area contributed by atoms with E-state index in [1.54, 1.807) is 0 Å². The van der Waals surface area contributed by atoms with E-state index >= 15 is 0 Å². The number of nitrogens with zero attached hydrogens (tertiary/aromatic N) is 3. The van der Waals surface area contributed by atoms with Crippen molar-refractivity contribution < 1.29 is 0 Å². The summed E-state index contributed by atoms with van der Waals surface area (Å²) in [6.07, 6.45) is 6.31. The molecule has 0 aromatic carbocycles. The molecule has 1 aromatic rings. The second-order valence-corrected chi connectivity index (χ2v) is 4.78. The third kappa shape index (κ3) is 3.75. The molecule has 1 unspecified atom stereocenters. The standard InChI is InChI=1S/C13H22N4/c1-3-14-12-5-4-6-17(9-12)10-13-8-15-11(2)7-16-13/h7-8,12,14H,3-6,9-10H2,1-2H3. The molecule has 1 aromatic heterocycles. The number of aryl methyl sites for hydroxylation is 1. The van der Waals surface area contributed by atoms with Gasteiger partial charge in [0.05, 0.1) is 11.4 Å². The van der Waals surface area contributed by atoms with Crippen LogP contribution in [0.3, 0.4) is 0 Å². The van der Waals surface area contributed by atoms with Crippen LogP contribution < -0.4 is 5.32 Å². The quantitative estimate of drug-likeness (QED) is 0.854. The van der Waals surface area contributed by atoms with Gasteiger partial charge in [-0.2, -0.15) is 0 Å². The minimum absolute atomic E-state index is 0.646. The first kappa shape index (κ1) is 12.5. The topological polar surface area (TPSA) is 41.0 Å². The van der Waals surface area contributed by atoms with E-state index < -0.39 is 0 Å². The molecule has 1 atom stereocenters. The van der Waals surface area contributed by atoms with E-state index in [1.165, 1.54) is 19.4 Å². The summed E-state index contributed by atoms with van der Waals surface area (Å²) in [4.78, 5) is 11.2. The zero-order valence-corrected chi connectivity index (χ0v) is 10.8. The summed E-state index contributed by atoms with van der Waals surface area (Å²) < 4.78 is 0. The van der Waals surface area contributed by atoms with Gasteiger partial charge in [-0.25, -0.2) is 0 Å². The molecule has 1 aliphatic heterocycles. The van der Waals surface area contributed by atoms with Gasteiger partial charge in [-0.15, -0.1) is 0 Å². The summed E-state index contributed by atoms with van der Waals surface area (Å²) >= 11 is 0. The molecule has 0 aliphatic carbocycles. The maximum absolute atomic E-state index is 4.42. The molecule has 17 heavy (non-hydrogen) atoms. The summed E-state index contributed by atoms with van der Waals surface area (Å²) in [7, 11) is 0. The molecule has 94 valence electrons. The molecule has 0 spiro atoms. The van der Waals surface area contributed by atoms with Gasteiger partial charge in [-0.3, -0.25) is 14.9 Å². The Hall–Kier alpha value is -1.00. The number of hydrogen-bond acceptors (Lipinski definition) is 4. The fraction of sp³-hybridized carbons (Fsp3) is 0.692. The first-order chi connectivity index (χ1) is 8.28. The van der Waals surface area contributed by atoms with Crippen molar-refractivity contribution in [1.29, 1.82) is 0 Å². The number of nitrogens with one attached hydrogen (secondary N) is 1. The van der Waals surface area contributed by atoms with Crippen LogP contribution in [0.5, 0.6) is 0 Å². The van der Waals surface area contributed by atoms with Crippen LogP contribution in [0.4, 0.5) is 0 Å². The Bertz CT molecular complexity index is 334. The third-order valence-electron chi connectivity index (χ3n) is 3.22. The van der Waals surface area contributed by atoms with Crippen molar-refractivity contribution >= 4 is 0 Å². The molecule has 2 rings (SSSR count). The zero-order valence-electron chi connectivity index (χ0n) is 10.8. The van der Waals surface area contributed by atoms with Crippen molar-refractivity contribution in [3.8, 4) is 0 Å². The van der Waals surface area contributed by atoms with E-state index in [1.807, 2.05) is 19.3 Å². The number of rotatable bonds is 4. The van der Waals surface area contributed by atoms with Crippen molar-refractivity contribution in [3.63, 3.8) is 0 Å². The van der Waals surface area contributed by atoms with Gasteiger partial charge in [0.15, 0.2) is 0 Å². The highest BCUT2D eigenvalue weighted by atomic mass is 15.2. The van der Waals surface area contributed by atoms with Gasteiger partial charge in [-0.05, 0) is 32.9 Å². The number of hydrogen-bond donors (Lipinski definition) is 1. The minimum Gasteiger partial charge on any atom is -0.313 e. The van der Waals surface area contributed by atoms with E-state index in [0.29, 0.717) is 6.04 Å². The lowest BCUT2D eigenvalue weighted by Crippen LogP contribution is -2.45. The van der Waals surface area contributed by atoms with Crippen LogP contribution in [0.1, 0.15) is 31.2 Å². The highest BCUT2D eigenvalue weighted by molar-refractivity contribution is 5.00.